The van der Waals surface area contributed by atoms with Gasteiger partial charge in [-0.05, 0) is 20.8 Å². The summed E-state index contributed by atoms with van der Waals surface area (Å²) in [6, 6.07) is 0. The molecule has 0 fully saturated rings. The molecule has 0 heterocycles. The van der Waals surface area contributed by atoms with Crippen LogP contribution in [0.25, 0.3) is 0 Å². The van der Waals surface area contributed by atoms with Gasteiger partial charge in [0.25, 0.3) is 0 Å². The number of guanidine groups is 1. The molecule has 2 N–H and O–H groups in total. The minimum absolute atomic E-state index is 0.172. The number of hydrogen-bond donors (Lipinski definition) is 2. The molecule has 112 valence electrons. The average molecular weight is 272 g/mol. The van der Waals surface area contributed by atoms with Crippen LogP contribution in [0.1, 0.15) is 27.2 Å². The summed E-state index contributed by atoms with van der Waals surface area (Å²) in [6.45, 7) is 10.1. The Labute approximate surface area is 116 Å². The average Bonchev–Trinajstić information content (AvgIpc) is 2.40. The van der Waals surface area contributed by atoms with E-state index in [1.165, 1.54) is 0 Å². The van der Waals surface area contributed by atoms with Gasteiger partial charge < -0.3 is 20.3 Å². The SMILES string of the molecule is CCNC(=NCCOC)NCCC(=O)N(CC)CC. The number of rotatable bonds is 9. The highest BCUT2D eigenvalue weighted by molar-refractivity contribution is 5.81. The van der Waals surface area contributed by atoms with E-state index in [2.05, 4.69) is 15.6 Å². The fourth-order valence-corrected chi connectivity index (χ4v) is 1.61. The second-order valence-corrected chi connectivity index (χ2v) is 4.00. The Bertz CT molecular complexity index is 265. The number of carbonyl (C=O) groups excluding carboxylic acids is 1. The van der Waals surface area contributed by atoms with Gasteiger partial charge in [0, 0.05) is 39.7 Å². The van der Waals surface area contributed by atoms with Crippen LogP contribution in [0.3, 0.4) is 0 Å². The number of nitrogens with one attached hydrogen (secondary N) is 2. The molecule has 0 bridgehead atoms. The molecular weight excluding hydrogens is 244 g/mol. The van der Waals surface area contributed by atoms with Crippen LogP contribution < -0.4 is 10.6 Å². The number of aliphatic imine (C=N–C) groups is 1. The predicted octanol–water partition coefficient (Wildman–Crippen LogP) is 0.446. The van der Waals surface area contributed by atoms with E-state index in [0.717, 1.165) is 25.6 Å². The van der Waals surface area contributed by atoms with E-state index in [-0.39, 0.29) is 5.91 Å². The summed E-state index contributed by atoms with van der Waals surface area (Å²) in [4.78, 5) is 18.0. The maximum atomic E-state index is 11.8. The van der Waals surface area contributed by atoms with Crippen LogP contribution >= 0.6 is 0 Å². The Hall–Kier alpha value is -1.30. The molecular formula is C13H28N4O2. The van der Waals surface area contributed by atoms with Crippen LogP contribution in [0.5, 0.6) is 0 Å². The van der Waals surface area contributed by atoms with Crippen LogP contribution in [-0.2, 0) is 9.53 Å². The lowest BCUT2D eigenvalue weighted by atomic mass is 10.3. The lowest BCUT2D eigenvalue weighted by Crippen LogP contribution is -2.40. The fraction of sp³-hybridized carbons (Fsp3) is 0.846. The Morgan fingerprint density at radius 3 is 2.42 bits per heavy atom. The van der Waals surface area contributed by atoms with Crippen molar-refractivity contribution in [1.29, 1.82) is 0 Å². The second kappa shape index (κ2) is 11.8. The molecule has 1 amide bonds. The van der Waals surface area contributed by atoms with Crippen LogP contribution in [0.2, 0.25) is 0 Å². The molecule has 0 aromatic heterocycles. The Morgan fingerprint density at radius 1 is 1.21 bits per heavy atom. The van der Waals surface area contributed by atoms with E-state index in [9.17, 15) is 4.79 Å². The molecule has 0 rings (SSSR count). The van der Waals surface area contributed by atoms with Crippen LogP contribution in [-0.4, -0.2) is 63.2 Å². The third-order valence-corrected chi connectivity index (χ3v) is 2.66. The van der Waals surface area contributed by atoms with Crippen LogP contribution in [0.15, 0.2) is 4.99 Å². The molecule has 0 atom stereocenters. The van der Waals surface area contributed by atoms with Crippen molar-refractivity contribution in [2.45, 2.75) is 27.2 Å². The molecule has 0 aromatic carbocycles. The third kappa shape index (κ3) is 8.42. The van der Waals surface area contributed by atoms with Gasteiger partial charge in [-0.3, -0.25) is 9.79 Å². The summed E-state index contributed by atoms with van der Waals surface area (Å²) in [7, 11) is 1.65. The standard InChI is InChI=1S/C13H28N4O2/c1-5-14-13(16-10-11-19-4)15-9-8-12(18)17(6-2)7-3/h5-11H2,1-4H3,(H2,14,15,16). The molecule has 6 nitrogen and oxygen atoms in total. The zero-order valence-electron chi connectivity index (χ0n) is 12.7. The molecule has 0 saturated heterocycles. The molecule has 0 aliphatic carbocycles. The molecule has 0 saturated carbocycles. The Balaban J connectivity index is 4.04. The van der Waals surface area contributed by atoms with Crippen molar-refractivity contribution < 1.29 is 9.53 Å². The summed E-state index contributed by atoms with van der Waals surface area (Å²) in [5.74, 6) is 0.900. The third-order valence-electron chi connectivity index (χ3n) is 2.66. The van der Waals surface area contributed by atoms with Crippen molar-refractivity contribution in [2.75, 3.05) is 46.4 Å². The fourth-order valence-electron chi connectivity index (χ4n) is 1.61. The number of ether oxygens (including phenoxy) is 1. The molecule has 0 aliphatic rings. The van der Waals surface area contributed by atoms with Crippen molar-refractivity contribution >= 4 is 11.9 Å². The summed E-state index contributed by atoms with van der Waals surface area (Å²) in [5, 5.41) is 6.28. The van der Waals surface area contributed by atoms with Crippen molar-refractivity contribution in [3.8, 4) is 0 Å². The van der Waals surface area contributed by atoms with Gasteiger partial charge in [0.2, 0.25) is 5.91 Å². The van der Waals surface area contributed by atoms with Crippen molar-refractivity contribution in [3.05, 3.63) is 0 Å². The molecule has 0 spiro atoms. The first-order valence-corrected chi connectivity index (χ1v) is 6.98. The minimum atomic E-state index is 0.172. The molecule has 6 heteroatoms. The zero-order valence-corrected chi connectivity index (χ0v) is 12.7. The monoisotopic (exact) mass is 272 g/mol. The topological polar surface area (TPSA) is 66.0 Å². The van der Waals surface area contributed by atoms with E-state index in [4.69, 9.17) is 4.74 Å². The smallest absolute Gasteiger partial charge is 0.224 e. The first-order chi connectivity index (χ1) is 9.19. The molecule has 19 heavy (non-hydrogen) atoms. The quantitative estimate of drug-likeness (QED) is 0.363. The van der Waals surface area contributed by atoms with Gasteiger partial charge in [-0.25, -0.2) is 0 Å². The van der Waals surface area contributed by atoms with Gasteiger partial charge in [-0.2, -0.15) is 0 Å². The largest absolute Gasteiger partial charge is 0.383 e. The van der Waals surface area contributed by atoms with E-state index in [1.807, 2.05) is 25.7 Å². The van der Waals surface area contributed by atoms with Gasteiger partial charge in [0.05, 0.1) is 13.2 Å². The van der Waals surface area contributed by atoms with Crippen molar-refractivity contribution in [2.24, 2.45) is 4.99 Å². The number of hydrogen-bond acceptors (Lipinski definition) is 3. The van der Waals surface area contributed by atoms with Crippen molar-refractivity contribution in [3.63, 3.8) is 0 Å². The Morgan fingerprint density at radius 2 is 1.89 bits per heavy atom. The van der Waals surface area contributed by atoms with Gasteiger partial charge in [0.15, 0.2) is 5.96 Å². The summed E-state index contributed by atoms with van der Waals surface area (Å²) in [5.41, 5.74) is 0. The maximum absolute atomic E-state index is 11.8. The normalized spacial score (nSPS) is 11.3. The zero-order chi connectivity index (χ0) is 14.5. The van der Waals surface area contributed by atoms with Gasteiger partial charge in [-0.1, -0.05) is 0 Å². The van der Waals surface area contributed by atoms with Crippen LogP contribution in [0.4, 0.5) is 0 Å². The minimum Gasteiger partial charge on any atom is -0.383 e. The molecule has 0 aromatic rings. The van der Waals surface area contributed by atoms with E-state index in [0.29, 0.717) is 26.1 Å². The summed E-state index contributed by atoms with van der Waals surface area (Å²) in [6.07, 6.45) is 0.483. The van der Waals surface area contributed by atoms with E-state index < -0.39 is 0 Å². The first-order valence-electron chi connectivity index (χ1n) is 6.98. The highest BCUT2D eigenvalue weighted by Gasteiger charge is 2.08. The summed E-state index contributed by atoms with van der Waals surface area (Å²) >= 11 is 0. The van der Waals surface area contributed by atoms with Gasteiger partial charge in [0.1, 0.15) is 0 Å². The number of nitrogens with zero attached hydrogens (tertiary/aromatic N) is 2. The number of amides is 1. The predicted molar refractivity (Wildman–Crippen MR) is 78.4 cm³/mol. The molecule has 0 unspecified atom stereocenters. The lowest BCUT2D eigenvalue weighted by Gasteiger charge is -2.19. The maximum Gasteiger partial charge on any atom is 0.224 e. The van der Waals surface area contributed by atoms with Crippen LogP contribution in [0, 0.1) is 0 Å². The highest BCUT2D eigenvalue weighted by Crippen LogP contribution is 1.92. The number of carbonyl (C=O) groups is 1. The van der Waals surface area contributed by atoms with Crippen molar-refractivity contribution in [1.82, 2.24) is 15.5 Å². The van der Waals surface area contributed by atoms with Gasteiger partial charge in [-0.15, -0.1) is 0 Å². The Kier molecular flexibility index (Phi) is 11.0. The number of methoxy groups -OCH3 is 1. The van der Waals surface area contributed by atoms with E-state index >= 15 is 0 Å². The second-order valence-electron chi connectivity index (χ2n) is 4.00. The molecule has 0 radical (unpaired) electrons. The first kappa shape index (κ1) is 17.7. The van der Waals surface area contributed by atoms with E-state index in [1.54, 1.807) is 7.11 Å². The highest BCUT2D eigenvalue weighted by atomic mass is 16.5. The molecule has 0 aliphatic heterocycles. The van der Waals surface area contributed by atoms with Gasteiger partial charge >= 0.3 is 0 Å². The lowest BCUT2D eigenvalue weighted by molar-refractivity contribution is -0.130. The summed E-state index contributed by atoms with van der Waals surface area (Å²) < 4.78 is 4.95.